The number of carbonyl (C=O) groups is 3. The molecule has 7 heteroatoms. The second kappa shape index (κ2) is 7.13. The number of methoxy groups -OCH3 is 1. The zero-order valence-electron chi connectivity index (χ0n) is 14.1. The molecule has 0 spiro atoms. The van der Waals surface area contributed by atoms with E-state index in [1.165, 1.54) is 13.2 Å². The van der Waals surface area contributed by atoms with Crippen molar-refractivity contribution in [1.29, 1.82) is 0 Å². The van der Waals surface area contributed by atoms with Crippen molar-refractivity contribution in [2.75, 3.05) is 12.0 Å². The highest BCUT2D eigenvalue weighted by Crippen LogP contribution is 2.25. The van der Waals surface area contributed by atoms with Crippen molar-refractivity contribution in [3.05, 3.63) is 63.6 Å². The number of imide groups is 2. The molecule has 2 aromatic carbocycles. The van der Waals surface area contributed by atoms with E-state index < -0.39 is 17.8 Å². The van der Waals surface area contributed by atoms with Crippen LogP contribution >= 0.6 is 15.9 Å². The van der Waals surface area contributed by atoms with Gasteiger partial charge < -0.3 is 4.74 Å². The number of carbonyl (C=O) groups excluding carboxylic acids is 3. The lowest BCUT2D eigenvalue weighted by Crippen LogP contribution is -2.54. The first-order valence-corrected chi connectivity index (χ1v) is 8.51. The van der Waals surface area contributed by atoms with E-state index in [-0.39, 0.29) is 5.57 Å². The number of amides is 4. The third-order valence-electron chi connectivity index (χ3n) is 3.83. The molecule has 0 radical (unpaired) electrons. The summed E-state index contributed by atoms with van der Waals surface area (Å²) in [4.78, 5) is 38.1. The molecule has 0 saturated carbocycles. The molecule has 0 aliphatic carbocycles. The van der Waals surface area contributed by atoms with Gasteiger partial charge in [-0.3, -0.25) is 14.9 Å². The van der Waals surface area contributed by atoms with E-state index in [0.29, 0.717) is 17.0 Å². The van der Waals surface area contributed by atoms with Crippen molar-refractivity contribution < 1.29 is 19.1 Å². The molecule has 3 rings (SSSR count). The Balaban J connectivity index is 2.02. The van der Waals surface area contributed by atoms with Crippen LogP contribution in [0.3, 0.4) is 0 Å². The Labute approximate surface area is 158 Å². The van der Waals surface area contributed by atoms with Crippen molar-refractivity contribution in [2.24, 2.45) is 0 Å². The smallest absolute Gasteiger partial charge is 0.335 e. The maximum Gasteiger partial charge on any atom is 0.335 e. The molecule has 1 N–H and O–H groups in total. The molecule has 0 bridgehead atoms. The van der Waals surface area contributed by atoms with Crippen LogP contribution in [-0.4, -0.2) is 25.0 Å². The topological polar surface area (TPSA) is 75.7 Å². The number of aryl methyl sites for hydroxylation is 1. The highest BCUT2D eigenvalue weighted by molar-refractivity contribution is 9.10. The van der Waals surface area contributed by atoms with Crippen LogP contribution in [0.15, 0.2) is 52.5 Å². The third-order valence-corrected chi connectivity index (χ3v) is 4.29. The van der Waals surface area contributed by atoms with Crippen LogP contribution in [0.25, 0.3) is 6.08 Å². The summed E-state index contributed by atoms with van der Waals surface area (Å²) in [5.41, 5.74) is 1.84. The molecule has 1 aliphatic rings. The van der Waals surface area contributed by atoms with Crippen LogP contribution in [0.1, 0.15) is 11.1 Å². The van der Waals surface area contributed by atoms with Gasteiger partial charge in [0.25, 0.3) is 11.8 Å². The van der Waals surface area contributed by atoms with Gasteiger partial charge >= 0.3 is 6.03 Å². The molecule has 0 unspecified atom stereocenters. The van der Waals surface area contributed by atoms with Gasteiger partial charge in [0.2, 0.25) is 0 Å². The fourth-order valence-corrected chi connectivity index (χ4v) is 3.03. The first-order valence-electron chi connectivity index (χ1n) is 7.72. The number of anilines is 1. The van der Waals surface area contributed by atoms with Gasteiger partial charge in [0.1, 0.15) is 11.3 Å². The molecule has 132 valence electrons. The number of benzene rings is 2. The van der Waals surface area contributed by atoms with Gasteiger partial charge in [0.05, 0.1) is 12.8 Å². The fourth-order valence-electron chi connectivity index (χ4n) is 2.54. The third kappa shape index (κ3) is 3.52. The first kappa shape index (κ1) is 17.9. The van der Waals surface area contributed by atoms with Crippen molar-refractivity contribution >= 4 is 45.5 Å². The van der Waals surface area contributed by atoms with E-state index >= 15 is 0 Å². The number of hydrogen-bond acceptors (Lipinski definition) is 4. The SMILES string of the molecule is COc1cc(Br)cc(/C=C2\C(=O)NC(=O)N(c3ccc(C)cc3)C2=O)c1. The molecule has 0 atom stereocenters. The van der Waals surface area contributed by atoms with E-state index in [0.717, 1.165) is 14.9 Å². The summed E-state index contributed by atoms with van der Waals surface area (Å²) in [7, 11) is 1.52. The number of halogens is 1. The second-order valence-electron chi connectivity index (χ2n) is 5.72. The van der Waals surface area contributed by atoms with Gasteiger partial charge in [-0.1, -0.05) is 33.6 Å². The summed E-state index contributed by atoms with van der Waals surface area (Å²) >= 11 is 3.35. The minimum atomic E-state index is -0.771. The highest BCUT2D eigenvalue weighted by Gasteiger charge is 2.36. The lowest BCUT2D eigenvalue weighted by atomic mass is 10.1. The second-order valence-corrected chi connectivity index (χ2v) is 6.63. The molecule has 2 aromatic rings. The van der Waals surface area contributed by atoms with Crippen LogP contribution in [0.4, 0.5) is 10.5 Å². The van der Waals surface area contributed by atoms with E-state index in [9.17, 15) is 14.4 Å². The monoisotopic (exact) mass is 414 g/mol. The van der Waals surface area contributed by atoms with Gasteiger partial charge in [-0.15, -0.1) is 0 Å². The van der Waals surface area contributed by atoms with Crippen LogP contribution in [-0.2, 0) is 9.59 Å². The maximum atomic E-state index is 12.8. The minimum Gasteiger partial charge on any atom is -0.497 e. The number of urea groups is 1. The number of ether oxygens (including phenoxy) is 1. The normalized spacial score (nSPS) is 16.0. The average Bonchev–Trinajstić information content (AvgIpc) is 2.59. The molecule has 1 aliphatic heterocycles. The fraction of sp³-hybridized carbons (Fsp3) is 0.105. The van der Waals surface area contributed by atoms with Crippen LogP contribution < -0.4 is 15.0 Å². The van der Waals surface area contributed by atoms with Crippen LogP contribution in [0.5, 0.6) is 5.75 Å². The molecule has 0 aromatic heterocycles. The van der Waals surface area contributed by atoms with E-state index in [4.69, 9.17) is 4.74 Å². The molecule has 26 heavy (non-hydrogen) atoms. The summed E-state index contributed by atoms with van der Waals surface area (Å²) in [6.07, 6.45) is 1.43. The summed E-state index contributed by atoms with van der Waals surface area (Å²) in [6.45, 7) is 1.90. The number of barbiturate groups is 1. The standard InChI is InChI=1S/C19H15BrN2O4/c1-11-3-5-14(6-4-11)22-18(24)16(17(23)21-19(22)25)9-12-7-13(20)10-15(8-12)26-2/h3-10H,1-2H3,(H,21,23,25)/b16-9+. The number of nitrogens with zero attached hydrogens (tertiary/aromatic N) is 1. The first-order chi connectivity index (χ1) is 12.4. The maximum absolute atomic E-state index is 12.8. The van der Waals surface area contributed by atoms with Gasteiger partial charge in [-0.25, -0.2) is 9.69 Å². The number of rotatable bonds is 3. The molecule has 1 fully saturated rings. The van der Waals surface area contributed by atoms with Crippen molar-refractivity contribution in [3.63, 3.8) is 0 Å². The van der Waals surface area contributed by atoms with E-state index in [2.05, 4.69) is 21.2 Å². The van der Waals surface area contributed by atoms with Gasteiger partial charge in [0, 0.05) is 4.47 Å². The Morgan fingerprint density at radius 3 is 2.42 bits per heavy atom. The zero-order chi connectivity index (χ0) is 18.8. The minimum absolute atomic E-state index is 0.134. The Hall–Kier alpha value is -2.93. The largest absolute Gasteiger partial charge is 0.497 e. The molecule has 6 nitrogen and oxygen atoms in total. The van der Waals surface area contributed by atoms with Gasteiger partial charge in [0.15, 0.2) is 0 Å². The highest BCUT2D eigenvalue weighted by atomic mass is 79.9. The average molecular weight is 415 g/mol. The van der Waals surface area contributed by atoms with Crippen molar-refractivity contribution in [3.8, 4) is 5.75 Å². The van der Waals surface area contributed by atoms with Crippen molar-refractivity contribution in [2.45, 2.75) is 6.92 Å². The van der Waals surface area contributed by atoms with Gasteiger partial charge in [-0.05, 0) is 48.9 Å². The summed E-state index contributed by atoms with van der Waals surface area (Å²) in [6, 6.07) is 11.3. The van der Waals surface area contributed by atoms with Crippen LogP contribution in [0, 0.1) is 6.92 Å². The Morgan fingerprint density at radius 2 is 1.77 bits per heavy atom. The van der Waals surface area contributed by atoms with E-state index in [1.54, 1.807) is 42.5 Å². The number of hydrogen-bond donors (Lipinski definition) is 1. The summed E-state index contributed by atoms with van der Waals surface area (Å²) in [5.74, 6) is -0.842. The van der Waals surface area contributed by atoms with E-state index in [1.807, 2.05) is 6.92 Å². The lowest BCUT2D eigenvalue weighted by Gasteiger charge is -2.26. The predicted molar refractivity (Wildman–Crippen MR) is 101 cm³/mol. The molecule has 4 amide bonds. The van der Waals surface area contributed by atoms with Gasteiger partial charge in [-0.2, -0.15) is 0 Å². The molecule has 1 heterocycles. The Bertz CT molecular complexity index is 935. The number of nitrogens with one attached hydrogen (secondary N) is 1. The lowest BCUT2D eigenvalue weighted by molar-refractivity contribution is -0.122. The molecular weight excluding hydrogens is 400 g/mol. The predicted octanol–water partition coefficient (Wildman–Crippen LogP) is 3.43. The molecular formula is C19H15BrN2O4. The quantitative estimate of drug-likeness (QED) is 0.616. The molecule has 1 saturated heterocycles. The Morgan fingerprint density at radius 1 is 1.08 bits per heavy atom. The summed E-state index contributed by atoms with van der Waals surface area (Å²) < 4.78 is 5.92. The Kier molecular flexibility index (Phi) is 4.90. The zero-order valence-corrected chi connectivity index (χ0v) is 15.7. The summed E-state index contributed by atoms with van der Waals surface area (Å²) in [5, 5.41) is 2.20. The van der Waals surface area contributed by atoms with Crippen LogP contribution in [0.2, 0.25) is 0 Å². The van der Waals surface area contributed by atoms with Crippen molar-refractivity contribution in [1.82, 2.24) is 5.32 Å².